The number of carbonyl (C=O) groups is 1. The molecule has 2 aromatic heterocycles. The summed E-state index contributed by atoms with van der Waals surface area (Å²) in [6.45, 7) is 4.13. The molecule has 4 nitrogen and oxygen atoms in total. The van der Waals surface area contributed by atoms with Gasteiger partial charge in [-0.05, 0) is 49.4 Å². The molecule has 0 bridgehead atoms. The van der Waals surface area contributed by atoms with Crippen LogP contribution in [0.2, 0.25) is 0 Å². The number of hydrogen-bond donors (Lipinski definition) is 0. The maximum Gasteiger partial charge on any atom is 0.338 e. The molecule has 140 valence electrons. The van der Waals surface area contributed by atoms with Crippen LogP contribution in [0.15, 0.2) is 44.9 Å². The van der Waals surface area contributed by atoms with Gasteiger partial charge in [-0.1, -0.05) is 19.4 Å². The van der Waals surface area contributed by atoms with E-state index in [1.165, 1.54) is 4.88 Å². The van der Waals surface area contributed by atoms with Crippen LogP contribution >= 0.6 is 11.3 Å². The molecule has 2 atom stereocenters. The van der Waals surface area contributed by atoms with Crippen LogP contribution in [-0.4, -0.2) is 12.6 Å². The Morgan fingerprint density at radius 2 is 2.11 bits per heavy atom. The van der Waals surface area contributed by atoms with E-state index < -0.39 is 5.97 Å². The summed E-state index contributed by atoms with van der Waals surface area (Å²) >= 11 is 1.76. The number of ether oxygens (including phenoxy) is 1. The fourth-order valence-electron chi connectivity index (χ4n) is 3.68. The van der Waals surface area contributed by atoms with Crippen molar-refractivity contribution < 1.29 is 13.9 Å². The normalized spacial score (nSPS) is 18.6. The zero-order valence-corrected chi connectivity index (χ0v) is 16.3. The van der Waals surface area contributed by atoms with Gasteiger partial charge in [-0.3, -0.25) is 4.79 Å². The van der Waals surface area contributed by atoms with Gasteiger partial charge in [-0.15, -0.1) is 11.3 Å². The number of esters is 1. The summed E-state index contributed by atoms with van der Waals surface area (Å²) in [5.74, 6) is 1.13. The summed E-state index contributed by atoms with van der Waals surface area (Å²) in [6, 6.07) is 9.20. The highest BCUT2D eigenvalue weighted by Gasteiger charge is 2.44. The monoisotopic (exact) mass is 382 g/mol. The van der Waals surface area contributed by atoms with Crippen LogP contribution in [-0.2, 0) is 11.2 Å². The van der Waals surface area contributed by atoms with Crippen LogP contribution in [0.3, 0.4) is 0 Å². The van der Waals surface area contributed by atoms with Crippen molar-refractivity contribution in [1.29, 1.82) is 0 Å². The summed E-state index contributed by atoms with van der Waals surface area (Å²) < 4.78 is 11.3. The molecule has 2 heterocycles. The molecule has 4 rings (SSSR count). The van der Waals surface area contributed by atoms with Gasteiger partial charge in [0.15, 0.2) is 5.43 Å². The van der Waals surface area contributed by atoms with Gasteiger partial charge in [-0.25, -0.2) is 4.79 Å². The Kier molecular flexibility index (Phi) is 4.87. The van der Waals surface area contributed by atoms with Gasteiger partial charge < -0.3 is 9.15 Å². The Labute approximate surface area is 161 Å². The van der Waals surface area contributed by atoms with Crippen LogP contribution in [0.5, 0.6) is 0 Å². The Morgan fingerprint density at radius 3 is 2.81 bits per heavy atom. The van der Waals surface area contributed by atoms with Crippen LogP contribution in [0, 0.1) is 0 Å². The second-order valence-corrected chi connectivity index (χ2v) is 7.90. The summed E-state index contributed by atoms with van der Waals surface area (Å²) in [6.07, 6.45) is 2.58. The van der Waals surface area contributed by atoms with Gasteiger partial charge in [0.2, 0.25) is 0 Å². The lowest BCUT2D eigenvalue weighted by atomic mass is 10.0. The third-order valence-corrected chi connectivity index (χ3v) is 6.07. The molecular weight excluding hydrogens is 360 g/mol. The topological polar surface area (TPSA) is 56.5 Å². The van der Waals surface area contributed by atoms with Gasteiger partial charge in [0.1, 0.15) is 11.3 Å². The molecule has 1 aliphatic carbocycles. The fourth-order valence-corrected chi connectivity index (χ4v) is 4.59. The first-order valence-electron chi connectivity index (χ1n) is 9.44. The summed E-state index contributed by atoms with van der Waals surface area (Å²) in [4.78, 5) is 26.6. The fraction of sp³-hybridized carbons (Fsp3) is 0.364. The van der Waals surface area contributed by atoms with E-state index in [1.807, 2.05) is 0 Å². The molecule has 2 unspecified atom stereocenters. The molecule has 0 radical (unpaired) electrons. The predicted octanol–water partition coefficient (Wildman–Crippen LogP) is 5.25. The first-order valence-corrected chi connectivity index (χ1v) is 10.3. The maximum absolute atomic E-state index is 13.2. The minimum absolute atomic E-state index is 0.0175. The third kappa shape index (κ3) is 3.32. The zero-order valence-electron chi connectivity index (χ0n) is 15.5. The van der Waals surface area contributed by atoms with Crippen molar-refractivity contribution in [3.8, 4) is 0 Å². The Balaban J connectivity index is 1.78. The van der Waals surface area contributed by atoms with E-state index in [0.29, 0.717) is 35.5 Å². The molecule has 0 amide bonds. The van der Waals surface area contributed by atoms with E-state index in [9.17, 15) is 9.59 Å². The SMILES string of the molecule is CCCc1c(C2CC2c2cccs2)oc2ccc(C(=O)OCC)cc2c1=O. The molecule has 1 saturated carbocycles. The standard InChI is InChI=1S/C22H22O4S/c1-3-6-14-20(23)17-11-13(22(24)25-4-2)8-9-18(17)26-21(14)16-12-15(16)19-7-5-10-27-19/h5,7-11,15-16H,3-4,6,12H2,1-2H3. The summed E-state index contributed by atoms with van der Waals surface area (Å²) in [5, 5.41) is 2.55. The molecule has 5 heteroatoms. The van der Waals surface area contributed by atoms with Gasteiger partial charge >= 0.3 is 5.97 Å². The minimum atomic E-state index is -0.417. The molecule has 1 aromatic carbocycles. The zero-order chi connectivity index (χ0) is 19.0. The van der Waals surface area contributed by atoms with E-state index in [0.717, 1.165) is 24.2 Å². The van der Waals surface area contributed by atoms with E-state index in [-0.39, 0.29) is 11.3 Å². The lowest BCUT2D eigenvalue weighted by Crippen LogP contribution is -2.14. The molecule has 0 saturated heterocycles. The smallest absolute Gasteiger partial charge is 0.338 e. The van der Waals surface area contributed by atoms with Gasteiger partial charge in [-0.2, -0.15) is 0 Å². The van der Waals surface area contributed by atoms with Crippen molar-refractivity contribution in [2.45, 2.75) is 44.9 Å². The largest absolute Gasteiger partial charge is 0.462 e. The van der Waals surface area contributed by atoms with E-state index in [4.69, 9.17) is 9.15 Å². The number of hydrogen-bond acceptors (Lipinski definition) is 5. The van der Waals surface area contributed by atoms with Crippen molar-refractivity contribution in [1.82, 2.24) is 0 Å². The Hall–Kier alpha value is -2.40. The van der Waals surface area contributed by atoms with Crippen LogP contribution < -0.4 is 5.43 Å². The number of carbonyl (C=O) groups excluding carboxylic acids is 1. The maximum atomic E-state index is 13.2. The molecule has 1 aliphatic rings. The molecule has 1 fully saturated rings. The molecule has 0 N–H and O–H groups in total. The van der Waals surface area contributed by atoms with Gasteiger partial charge in [0, 0.05) is 22.3 Å². The first-order chi connectivity index (χ1) is 13.1. The first kappa shape index (κ1) is 18.0. The number of thiophene rings is 1. The number of benzene rings is 1. The number of rotatable bonds is 6. The summed E-state index contributed by atoms with van der Waals surface area (Å²) in [7, 11) is 0. The molecular formula is C22H22O4S. The van der Waals surface area contributed by atoms with Crippen molar-refractivity contribution in [2.75, 3.05) is 6.61 Å². The van der Waals surface area contributed by atoms with Gasteiger partial charge in [0.05, 0.1) is 17.6 Å². The third-order valence-electron chi connectivity index (χ3n) is 5.06. The minimum Gasteiger partial charge on any atom is -0.462 e. The van der Waals surface area contributed by atoms with E-state index in [2.05, 4.69) is 24.4 Å². The molecule has 27 heavy (non-hydrogen) atoms. The lowest BCUT2D eigenvalue weighted by Gasteiger charge is -2.10. The van der Waals surface area contributed by atoms with Crippen LogP contribution in [0.4, 0.5) is 0 Å². The molecule has 3 aromatic rings. The van der Waals surface area contributed by atoms with Gasteiger partial charge in [0.25, 0.3) is 0 Å². The second kappa shape index (κ2) is 7.31. The van der Waals surface area contributed by atoms with Crippen molar-refractivity contribution in [3.05, 3.63) is 67.7 Å². The lowest BCUT2D eigenvalue weighted by molar-refractivity contribution is 0.0526. The highest BCUT2D eigenvalue weighted by Crippen LogP contribution is 2.56. The molecule has 0 aliphatic heterocycles. The Morgan fingerprint density at radius 1 is 1.26 bits per heavy atom. The van der Waals surface area contributed by atoms with Crippen molar-refractivity contribution in [2.24, 2.45) is 0 Å². The average Bonchev–Trinajstić information content (AvgIpc) is 3.27. The van der Waals surface area contributed by atoms with E-state index in [1.54, 1.807) is 36.5 Å². The predicted molar refractivity (Wildman–Crippen MR) is 107 cm³/mol. The van der Waals surface area contributed by atoms with Crippen molar-refractivity contribution in [3.63, 3.8) is 0 Å². The quantitative estimate of drug-likeness (QED) is 0.546. The average molecular weight is 382 g/mol. The molecule has 0 spiro atoms. The second-order valence-electron chi connectivity index (χ2n) is 6.92. The number of fused-ring (bicyclic) bond motifs is 1. The van der Waals surface area contributed by atoms with E-state index >= 15 is 0 Å². The Bertz CT molecular complexity index is 1030. The van der Waals surface area contributed by atoms with Crippen LogP contribution in [0.25, 0.3) is 11.0 Å². The highest BCUT2D eigenvalue weighted by atomic mass is 32.1. The summed E-state index contributed by atoms with van der Waals surface area (Å²) in [5.41, 5.74) is 1.67. The van der Waals surface area contributed by atoms with Crippen molar-refractivity contribution >= 4 is 28.3 Å². The van der Waals surface area contributed by atoms with Crippen LogP contribution in [0.1, 0.15) is 65.1 Å². The highest BCUT2D eigenvalue weighted by molar-refractivity contribution is 7.10.